The summed E-state index contributed by atoms with van der Waals surface area (Å²) in [4.78, 5) is 17.1. The largest absolute Gasteiger partial charge is 0.394 e. The normalized spacial score (nSPS) is 11.7. The molecule has 1 unspecified atom stereocenters. The molecule has 0 saturated carbocycles. The molecule has 0 spiro atoms. The van der Waals surface area contributed by atoms with Crippen molar-refractivity contribution in [1.29, 1.82) is 0 Å². The zero-order valence-corrected chi connectivity index (χ0v) is 12.4. The van der Waals surface area contributed by atoms with Crippen LogP contribution in [-0.4, -0.2) is 29.0 Å². The van der Waals surface area contributed by atoms with Crippen molar-refractivity contribution in [2.45, 2.75) is 10.9 Å². The topological polar surface area (TPSA) is 74.2 Å². The van der Waals surface area contributed by atoms with E-state index in [1.54, 1.807) is 24.0 Å². The van der Waals surface area contributed by atoms with Crippen molar-refractivity contribution in [2.24, 2.45) is 0 Å². The number of hydrogen-bond acceptors (Lipinski definition) is 4. The van der Waals surface area contributed by atoms with Crippen molar-refractivity contribution in [3.8, 4) is 0 Å². The zero-order valence-electron chi connectivity index (χ0n) is 11.6. The van der Waals surface area contributed by atoms with Gasteiger partial charge in [0.2, 0.25) is 0 Å². The number of nitrogens with one attached hydrogen (secondary N) is 2. The van der Waals surface area contributed by atoms with Crippen LogP contribution in [0.5, 0.6) is 0 Å². The number of carbonyl (C=O) groups is 1. The minimum absolute atomic E-state index is 0.170. The molecule has 2 aromatic rings. The average Bonchev–Trinajstić information content (AvgIpc) is 2.54. The molecule has 0 fully saturated rings. The number of urea groups is 1. The number of thioether (sulfide) groups is 1. The Labute approximate surface area is 127 Å². The molecule has 1 aromatic carbocycles. The molecule has 1 heterocycles. The zero-order chi connectivity index (χ0) is 15.1. The Hall–Kier alpha value is -2.05. The van der Waals surface area contributed by atoms with E-state index in [1.165, 1.54) is 0 Å². The number of aromatic nitrogens is 1. The standard InChI is InChI=1S/C15H17N3O2S/c1-21-12-7-8-14(16-9-12)18-15(20)17-13(10-19)11-5-3-2-4-6-11/h2-9,13,19H,10H2,1H3,(H2,16,17,18,20). The van der Waals surface area contributed by atoms with E-state index in [0.29, 0.717) is 5.82 Å². The van der Waals surface area contributed by atoms with E-state index in [0.717, 1.165) is 10.5 Å². The monoisotopic (exact) mass is 303 g/mol. The number of pyridine rings is 1. The first-order valence-corrected chi connectivity index (χ1v) is 7.68. The smallest absolute Gasteiger partial charge is 0.320 e. The van der Waals surface area contributed by atoms with E-state index in [2.05, 4.69) is 15.6 Å². The lowest BCUT2D eigenvalue weighted by molar-refractivity contribution is 0.225. The van der Waals surface area contributed by atoms with Crippen LogP contribution < -0.4 is 10.6 Å². The summed E-state index contributed by atoms with van der Waals surface area (Å²) in [6, 6.07) is 12.1. The van der Waals surface area contributed by atoms with Gasteiger partial charge in [-0.05, 0) is 24.0 Å². The van der Waals surface area contributed by atoms with Crippen LogP contribution in [0, 0.1) is 0 Å². The fourth-order valence-electron chi connectivity index (χ4n) is 1.81. The first-order chi connectivity index (χ1) is 10.2. The molecule has 6 heteroatoms. The van der Waals surface area contributed by atoms with Crippen LogP contribution in [0.1, 0.15) is 11.6 Å². The van der Waals surface area contributed by atoms with E-state index in [9.17, 15) is 9.90 Å². The van der Waals surface area contributed by atoms with Gasteiger partial charge in [0.15, 0.2) is 0 Å². The van der Waals surface area contributed by atoms with Gasteiger partial charge in [0, 0.05) is 11.1 Å². The molecule has 0 aliphatic rings. The first kappa shape index (κ1) is 15.3. The molecule has 1 aromatic heterocycles. The maximum atomic E-state index is 11.9. The first-order valence-electron chi connectivity index (χ1n) is 6.46. The third-order valence-electron chi connectivity index (χ3n) is 2.90. The van der Waals surface area contributed by atoms with Gasteiger partial charge in [-0.15, -0.1) is 11.8 Å². The highest BCUT2D eigenvalue weighted by atomic mass is 32.2. The number of amides is 2. The van der Waals surface area contributed by atoms with Gasteiger partial charge in [-0.1, -0.05) is 30.3 Å². The minimum atomic E-state index is -0.448. The van der Waals surface area contributed by atoms with Gasteiger partial charge >= 0.3 is 6.03 Å². The maximum absolute atomic E-state index is 11.9. The molecule has 2 amide bonds. The third-order valence-corrected chi connectivity index (χ3v) is 3.62. The van der Waals surface area contributed by atoms with Gasteiger partial charge in [-0.2, -0.15) is 0 Å². The summed E-state index contributed by atoms with van der Waals surface area (Å²) in [6.45, 7) is -0.170. The molecular weight excluding hydrogens is 286 g/mol. The van der Waals surface area contributed by atoms with Crippen LogP contribution in [0.3, 0.4) is 0 Å². The molecule has 0 aliphatic heterocycles. The Morgan fingerprint density at radius 1 is 1.29 bits per heavy atom. The predicted molar refractivity (Wildman–Crippen MR) is 84.4 cm³/mol. The summed E-state index contributed by atoms with van der Waals surface area (Å²) < 4.78 is 0. The number of rotatable bonds is 5. The lowest BCUT2D eigenvalue weighted by atomic mass is 10.1. The number of nitrogens with zero attached hydrogens (tertiary/aromatic N) is 1. The van der Waals surface area contributed by atoms with E-state index in [1.807, 2.05) is 42.7 Å². The highest BCUT2D eigenvalue weighted by Gasteiger charge is 2.13. The molecule has 0 aliphatic carbocycles. The van der Waals surface area contributed by atoms with Crippen molar-refractivity contribution in [3.05, 3.63) is 54.2 Å². The summed E-state index contributed by atoms with van der Waals surface area (Å²) in [5.74, 6) is 0.468. The highest BCUT2D eigenvalue weighted by Crippen LogP contribution is 2.15. The minimum Gasteiger partial charge on any atom is -0.394 e. The number of benzene rings is 1. The average molecular weight is 303 g/mol. The van der Waals surface area contributed by atoms with Crippen molar-refractivity contribution >= 4 is 23.6 Å². The van der Waals surface area contributed by atoms with E-state index in [-0.39, 0.29) is 6.61 Å². The van der Waals surface area contributed by atoms with Crippen LogP contribution >= 0.6 is 11.8 Å². The predicted octanol–water partition coefficient (Wildman–Crippen LogP) is 2.66. The third kappa shape index (κ3) is 4.47. The van der Waals surface area contributed by atoms with Gasteiger partial charge in [0.1, 0.15) is 5.82 Å². The lowest BCUT2D eigenvalue weighted by Crippen LogP contribution is -2.34. The summed E-state index contributed by atoms with van der Waals surface area (Å²) in [7, 11) is 0. The number of hydrogen-bond donors (Lipinski definition) is 3. The second kappa shape index (κ2) is 7.66. The Balaban J connectivity index is 1.96. The molecule has 110 valence electrons. The molecular formula is C15H17N3O2S. The van der Waals surface area contributed by atoms with Crippen molar-refractivity contribution in [3.63, 3.8) is 0 Å². The van der Waals surface area contributed by atoms with Crippen molar-refractivity contribution in [1.82, 2.24) is 10.3 Å². The molecule has 0 saturated heterocycles. The number of aliphatic hydroxyl groups is 1. The molecule has 0 bridgehead atoms. The van der Waals surface area contributed by atoms with Gasteiger partial charge in [0.25, 0.3) is 0 Å². The summed E-state index contributed by atoms with van der Waals surface area (Å²) in [5, 5.41) is 14.8. The quantitative estimate of drug-likeness (QED) is 0.742. The fourth-order valence-corrected chi connectivity index (χ4v) is 2.17. The van der Waals surface area contributed by atoms with E-state index < -0.39 is 12.1 Å². The summed E-state index contributed by atoms with van der Waals surface area (Å²) in [5.41, 5.74) is 0.848. The number of anilines is 1. The van der Waals surface area contributed by atoms with Gasteiger partial charge in [-0.25, -0.2) is 9.78 Å². The molecule has 0 radical (unpaired) electrons. The Bertz CT molecular complexity index is 575. The van der Waals surface area contributed by atoms with Gasteiger partial charge < -0.3 is 10.4 Å². The summed E-state index contributed by atoms with van der Waals surface area (Å²) >= 11 is 1.58. The van der Waals surface area contributed by atoms with Crippen molar-refractivity contribution in [2.75, 3.05) is 18.2 Å². The Morgan fingerprint density at radius 3 is 2.62 bits per heavy atom. The SMILES string of the molecule is CSc1ccc(NC(=O)NC(CO)c2ccccc2)nc1. The van der Waals surface area contributed by atoms with Crippen LogP contribution in [0.15, 0.2) is 53.6 Å². The van der Waals surface area contributed by atoms with E-state index >= 15 is 0 Å². The van der Waals surface area contributed by atoms with Crippen LogP contribution in [0.4, 0.5) is 10.6 Å². The fraction of sp³-hybridized carbons (Fsp3) is 0.200. The van der Waals surface area contributed by atoms with Crippen LogP contribution in [0.2, 0.25) is 0 Å². The highest BCUT2D eigenvalue weighted by molar-refractivity contribution is 7.98. The van der Waals surface area contributed by atoms with Gasteiger partial charge in [-0.3, -0.25) is 5.32 Å². The Kier molecular flexibility index (Phi) is 5.59. The molecule has 2 rings (SSSR count). The van der Waals surface area contributed by atoms with Gasteiger partial charge in [0.05, 0.1) is 12.6 Å². The second-order valence-corrected chi connectivity index (χ2v) is 5.21. The van der Waals surface area contributed by atoms with E-state index in [4.69, 9.17) is 0 Å². The molecule has 3 N–H and O–H groups in total. The summed E-state index contributed by atoms with van der Waals surface area (Å²) in [6.07, 6.45) is 3.66. The Morgan fingerprint density at radius 2 is 2.05 bits per heavy atom. The molecule has 1 atom stereocenters. The second-order valence-electron chi connectivity index (χ2n) is 4.33. The number of carbonyl (C=O) groups excluding carboxylic acids is 1. The number of aliphatic hydroxyl groups excluding tert-OH is 1. The lowest BCUT2D eigenvalue weighted by Gasteiger charge is -2.17. The maximum Gasteiger partial charge on any atom is 0.320 e. The van der Waals surface area contributed by atoms with Crippen LogP contribution in [0.25, 0.3) is 0 Å². The van der Waals surface area contributed by atoms with Crippen molar-refractivity contribution < 1.29 is 9.90 Å². The molecule has 21 heavy (non-hydrogen) atoms. The van der Waals surface area contributed by atoms with Crippen LogP contribution in [-0.2, 0) is 0 Å². The molecule has 5 nitrogen and oxygen atoms in total.